The second-order valence-corrected chi connectivity index (χ2v) is 9.75. The Labute approximate surface area is 100 Å². The first-order chi connectivity index (χ1) is 7.50. The lowest BCUT2D eigenvalue weighted by Gasteiger charge is -2.46. The van der Waals surface area contributed by atoms with Gasteiger partial charge in [0.05, 0.1) is 5.22 Å². The van der Waals surface area contributed by atoms with E-state index in [0.29, 0.717) is 0 Å². The summed E-state index contributed by atoms with van der Waals surface area (Å²) < 4.78 is 6.05. The summed E-state index contributed by atoms with van der Waals surface area (Å²) in [6, 6.07) is 0. The highest BCUT2D eigenvalue weighted by atomic mass is 28.3. The molecule has 0 aromatic rings. The van der Waals surface area contributed by atoms with Crippen molar-refractivity contribution in [2.45, 2.75) is 50.4 Å². The number of rotatable bonds is 5. The third-order valence-electron chi connectivity index (χ3n) is 3.87. The lowest BCUT2D eigenvalue weighted by molar-refractivity contribution is -0.110. The van der Waals surface area contributed by atoms with E-state index in [1.165, 1.54) is 12.5 Å². The summed E-state index contributed by atoms with van der Waals surface area (Å²) in [4.78, 5) is 12.1. The lowest BCUT2D eigenvalue weighted by atomic mass is 10.0. The van der Waals surface area contributed by atoms with Crippen LogP contribution in [0.5, 0.6) is 0 Å². The second kappa shape index (κ2) is 5.28. The van der Waals surface area contributed by atoms with E-state index in [2.05, 4.69) is 26.6 Å². The largest absolute Gasteiger partial charge is 0.378 e. The van der Waals surface area contributed by atoms with Gasteiger partial charge >= 0.3 is 0 Å². The van der Waals surface area contributed by atoms with Crippen molar-refractivity contribution in [1.82, 2.24) is 0 Å². The molecule has 1 aliphatic heterocycles. The fourth-order valence-corrected chi connectivity index (χ4v) is 5.65. The Bertz CT molecular complexity index is 260. The van der Waals surface area contributed by atoms with Gasteiger partial charge in [-0.3, -0.25) is 0 Å². The molecule has 16 heavy (non-hydrogen) atoms. The first-order valence-corrected chi connectivity index (χ1v) is 9.10. The predicted molar refractivity (Wildman–Crippen MR) is 69.8 cm³/mol. The van der Waals surface area contributed by atoms with Crippen LogP contribution in [0.4, 0.5) is 0 Å². The SMILES string of the molecule is [CH2]CCC1([Si](C)(C)C(=O)C=C)CCCCO1. The smallest absolute Gasteiger partial charge is 0.167 e. The molecule has 3 heteroatoms. The van der Waals surface area contributed by atoms with Crippen LogP contribution in [0.3, 0.4) is 0 Å². The summed E-state index contributed by atoms with van der Waals surface area (Å²) in [7, 11) is -2.10. The maximum atomic E-state index is 12.1. The number of hydrogen-bond donors (Lipinski definition) is 0. The van der Waals surface area contributed by atoms with Crippen LogP contribution in [-0.4, -0.2) is 25.3 Å². The van der Waals surface area contributed by atoms with Crippen molar-refractivity contribution in [1.29, 1.82) is 0 Å². The Kier molecular flexibility index (Phi) is 4.50. The summed E-state index contributed by atoms with van der Waals surface area (Å²) in [6.07, 6.45) is 6.52. The molecule has 0 saturated carbocycles. The van der Waals surface area contributed by atoms with Gasteiger partial charge in [-0.2, -0.15) is 0 Å². The molecule has 0 N–H and O–H groups in total. The number of carbonyl (C=O) groups excluding carboxylic acids is 1. The highest BCUT2D eigenvalue weighted by molar-refractivity contribution is 7.07. The molecule has 1 heterocycles. The fraction of sp³-hybridized carbons (Fsp3) is 0.692. The predicted octanol–water partition coefficient (Wildman–Crippen LogP) is 3.08. The van der Waals surface area contributed by atoms with Crippen LogP contribution in [-0.2, 0) is 9.53 Å². The van der Waals surface area contributed by atoms with Gasteiger partial charge < -0.3 is 9.53 Å². The van der Waals surface area contributed by atoms with E-state index < -0.39 is 8.07 Å². The van der Waals surface area contributed by atoms with Crippen LogP contribution in [0.25, 0.3) is 0 Å². The second-order valence-electron chi connectivity index (χ2n) is 5.10. The molecule has 1 fully saturated rings. The molecule has 0 aromatic carbocycles. The van der Waals surface area contributed by atoms with Gasteiger partial charge in [0, 0.05) is 6.61 Å². The molecule has 1 atom stereocenters. The summed E-state index contributed by atoms with van der Waals surface area (Å²) in [5, 5.41) is 0.0148. The third-order valence-corrected chi connectivity index (χ3v) is 8.23. The summed E-state index contributed by atoms with van der Waals surface area (Å²) in [6.45, 7) is 12.6. The van der Waals surface area contributed by atoms with Crippen LogP contribution in [0.2, 0.25) is 13.1 Å². The Morgan fingerprint density at radius 2 is 2.19 bits per heavy atom. The molecule has 1 radical (unpaired) electrons. The van der Waals surface area contributed by atoms with Gasteiger partial charge in [-0.25, -0.2) is 0 Å². The van der Waals surface area contributed by atoms with Gasteiger partial charge in [-0.15, -0.1) is 0 Å². The molecule has 0 spiro atoms. The maximum Gasteiger partial charge on any atom is 0.167 e. The van der Waals surface area contributed by atoms with Crippen molar-refractivity contribution >= 4 is 13.5 Å². The molecular formula is C13H23O2Si. The van der Waals surface area contributed by atoms with Crippen LogP contribution >= 0.6 is 0 Å². The topological polar surface area (TPSA) is 26.3 Å². The van der Waals surface area contributed by atoms with Crippen LogP contribution < -0.4 is 0 Å². The molecule has 2 nitrogen and oxygen atoms in total. The summed E-state index contributed by atoms with van der Waals surface area (Å²) >= 11 is 0. The Balaban J connectivity index is 2.98. The van der Waals surface area contributed by atoms with Crippen molar-refractivity contribution in [3.63, 3.8) is 0 Å². The zero-order valence-corrected chi connectivity index (χ0v) is 11.6. The molecule has 91 valence electrons. The van der Waals surface area contributed by atoms with E-state index in [1.54, 1.807) is 0 Å². The first-order valence-electron chi connectivity index (χ1n) is 6.10. The van der Waals surface area contributed by atoms with E-state index in [1.807, 2.05) is 0 Å². The molecule has 0 bridgehead atoms. The van der Waals surface area contributed by atoms with Crippen molar-refractivity contribution < 1.29 is 9.53 Å². The highest BCUT2D eigenvalue weighted by Crippen LogP contribution is 2.38. The minimum atomic E-state index is -2.10. The normalized spacial score (nSPS) is 26.4. The standard InChI is InChI=1S/C13H23O2Si/c1-5-9-13(10-7-8-11-15-13)16(3,4)12(14)6-2/h6H,1-2,5,7-11H2,3-4H3. The number of allylic oxidation sites excluding steroid dienone is 1. The van der Waals surface area contributed by atoms with Crippen LogP contribution in [0, 0.1) is 6.92 Å². The zero-order chi connectivity index (χ0) is 12.2. The van der Waals surface area contributed by atoms with Crippen molar-refractivity contribution in [2.75, 3.05) is 6.61 Å². The van der Waals surface area contributed by atoms with Crippen LogP contribution in [0.1, 0.15) is 32.1 Å². The molecule has 1 saturated heterocycles. The van der Waals surface area contributed by atoms with Crippen molar-refractivity contribution in [2.24, 2.45) is 0 Å². The van der Waals surface area contributed by atoms with E-state index in [-0.39, 0.29) is 10.6 Å². The van der Waals surface area contributed by atoms with Gasteiger partial charge in [0.25, 0.3) is 0 Å². The quantitative estimate of drug-likeness (QED) is 0.544. The van der Waals surface area contributed by atoms with Crippen molar-refractivity contribution in [3.05, 3.63) is 19.6 Å². The molecule has 1 rings (SSSR count). The molecular weight excluding hydrogens is 216 g/mol. The van der Waals surface area contributed by atoms with Gasteiger partial charge in [-0.05, 0) is 31.8 Å². The molecule has 1 aliphatic rings. The zero-order valence-electron chi connectivity index (χ0n) is 10.6. The Hall–Kier alpha value is -0.413. The minimum absolute atomic E-state index is 0.196. The number of carbonyl (C=O) groups is 1. The molecule has 1 unspecified atom stereocenters. The number of ether oxygens (including phenoxy) is 1. The van der Waals surface area contributed by atoms with Gasteiger partial charge in [-0.1, -0.05) is 33.0 Å². The van der Waals surface area contributed by atoms with E-state index in [0.717, 1.165) is 32.3 Å². The van der Waals surface area contributed by atoms with E-state index in [4.69, 9.17) is 4.74 Å². The van der Waals surface area contributed by atoms with Crippen LogP contribution in [0.15, 0.2) is 12.7 Å². The number of hydrogen-bond acceptors (Lipinski definition) is 2. The highest BCUT2D eigenvalue weighted by Gasteiger charge is 2.51. The first kappa shape index (κ1) is 13.7. The summed E-state index contributed by atoms with van der Waals surface area (Å²) in [5.74, 6) is 0. The van der Waals surface area contributed by atoms with E-state index >= 15 is 0 Å². The molecule has 0 aliphatic carbocycles. The molecule has 0 amide bonds. The van der Waals surface area contributed by atoms with Crippen molar-refractivity contribution in [3.8, 4) is 0 Å². The van der Waals surface area contributed by atoms with E-state index in [9.17, 15) is 4.79 Å². The molecule has 0 aromatic heterocycles. The Morgan fingerprint density at radius 1 is 1.50 bits per heavy atom. The summed E-state index contributed by atoms with van der Waals surface area (Å²) in [5.41, 5.74) is 0. The van der Waals surface area contributed by atoms with Gasteiger partial charge in [0.15, 0.2) is 8.07 Å². The Morgan fingerprint density at radius 3 is 2.62 bits per heavy atom. The average Bonchev–Trinajstić information content (AvgIpc) is 2.29. The van der Waals surface area contributed by atoms with Gasteiger partial charge in [0.1, 0.15) is 5.41 Å². The maximum absolute atomic E-state index is 12.1. The average molecular weight is 239 g/mol. The fourth-order valence-electron chi connectivity index (χ4n) is 2.62. The lowest BCUT2D eigenvalue weighted by Crippen LogP contribution is -2.62. The monoisotopic (exact) mass is 239 g/mol. The van der Waals surface area contributed by atoms with Gasteiger partial charge in [0.2, 0.25) is 0 Å². The third kappa shape index (κ3) is 2.30. The minimum Gasteiger partial charge on any atom is -0.378 e.